The Kier molecular flexibility index (Phi) is 4.37. The van der Waals surface area contributed by atoms with Crippen molar-refractivity contribution in [2.45, 2.75) is 52.0 Å². The minimum Gasteiger partial charge on any atom is -0.480 e. The Bertz CT molecular complexity index is 326. The molecule has 0 radical (unpaired) electrons. The molecule has 104 valence electrons. The van der Waals surface area contributed by atoms with Crippen LogP contribution < -0.4 is 11.1 Å². The van der Waals surface area contributed by atoms with Crippen LogP contribution in [-0.4, -0.2) is 29.1 Å². The fourth-order valence-corrected chi connectivity index (χ4v) is 2.11. The Hall–Kier alpha value is -1.10. The molecule has 18 heavy (non-hydrogen) atoms. The van der Waals surface area contributed by atoms with Crippen LogP contribution in [-0.2, 0) is 9.59 Å². The number of carboxylic acid groups (broad SMARTS) is 1. The first-order valence-electron chi connectivity index (χ1n) is 6.44. The summed E-state index contributed by atoms with van der Waals surface area (Å²) in [5.74, 6) is -1.03. The molecule has 0 unspecified atom stereocenters. The average Bonchev–Trinajstić information content (AvgIpc) is 2.26. The van der Waals surface area contributed by atoms with Gasteiger partial charge in [0.1, 0.15) is 5.54 Å². The van der Waals surface area contributed by atoms with Crippen LogP contribution in [0.4, 0.5) is 0 Å². The molecule has 0 bridgehead atoms. The van der Waals surface area contributed by atoms with Gasteiger partial charge in [0.2, 0.25) is 5.91 Å². The molecule has 0 aromatic rings. The maximum absolute atomic E-state index is 11.9. The van der Waals surface area contributed by atoms with E-state index < -0.39 is 11.5 Å². The summed E-state index contributed by atoms with van der Waals surface area (Å²) in [7, 11) is 0. The molecule has 4 N–H and O–H groups in total. The van der Waals surface area contributed by atoms with Crippen LogP contribution >= 0.6 is 0 Å². The van der Waals surface area contributed by atoms with Gasteiger partial charge < -0.3 is 16.2 Å². The molecule has 0 saturated heterocycles. The van der Waals surface area contributed by atoms with E-state index in [0.29, 0.717) is 32.2 Å². The Morgan fingerprint density at radius 2 is 1.83 bits per heavy atom. The fraction of sp³-hybridized carbons (Fsp3) is 0.846. The second-order valence-corrected chi connectivity index (χ2v) is 6.51. The maximum atomic E-state index is 11.9. The number of amides is 1. The van der Waals surface area contributed by atoms with E-state index in [1.807, 2.05) is 0 Å². The number of carbonyl (C=O) groups is 2. The second-order valence-electron chi connectivity index (χ2n) is 6.51. The Labute approximate surface area is 108 Å². The lowest BCUT2D eigenvalue weighted by Gasteiger charge is -2.33. The normalized spacial score (nSPS) is 28.8. The Morgan fingerprint density at radius 3 is 2.22 bits per heavy atom. The van der Waals surface area contributed by atoms with E-state index in [-0.39, 0.29) is 17.2 Å². The summed E-state index contributed by atoms with van der Waals surface area (Å²) in [6.07, 6.45) is 1.85. The summed E-state index contributed by atoms with van der Waals surface area (Å²) < 4.78 is 0. The molecule has 0 heterocycles. The smallest absolute Gasteiger partial charge is 0.323 e. The molecule has 0 aliphatic heterocycles. The van der Waals surface area contributed by atoms with E-state index >= 15 is 0 Å². The molecule has 0 spiro atoms. The first kappa shape index (κ1) is 15.0. The van der Waals surface area contributed by atoms with Crippen molar-refractivity contribution in [3.8, 4) is 0 Å². The number of nitrogens with one attached hydrogen (secondary N) is 1. The molecule has 1 aliphatic rings. The zero-order valence-corrected chi connectivity index (χ0v) is 11.5. The van der Waals surface area contributed by atoms with Gasteiger partial charge in [0.25, 0.3) is 0 Å². The first-order chi connectivity index (χ1) is 8.14. The van der Waals surface area contributed by atoms with E-state index in [4.69, 9.17) is 10.8 Å². The van der Waals surface area contributed by atoms with E-state index in [1.54, 1.807) is 0 Å². The summed E-state index contributed by atoms with van der Waals surface area (Å²) in [4.78, 5) is 22.9. The van der Waals surface area contributed by atoms with Gasteiger partial charge in [-0.1, -0.05) is 20.8 Å². The van der Waals surface area contributed by atoms with Crippen LogP contribution in [0, 0.1) is 11.3 Å². The number of hydrogen-bond donors (Lipinski definition) is 3. The van der Waals surface area contributed by atoms with Crippen LogP contribution in [0.2, 0.25) is 0 Å². The quantitative estimate of drug-likeness (QED) is 0.705. The summed E-state index contributed by atoms with van der Waals surface area (Å²) in [5.41, 5.74) is 4.70. The highest BCUT2D eigenvalue weighted by Crippen LogP contribution is 2.30. The number of hydrogen-bond acceptors (Lipinski definition) is 3. The van der Waals surface area contributed by atoms with E-state index in [0.717, 1.165) is 0 Å². The lowest BCUT2D eigenvalue weighted by atomic mass is 9.76. The van der Waals surface area contributed by atoms with Crippen LogP contribution in [0.25, 0.3) is 0 Å². The van der Waals surface area contributed by atoms with E-state index in [1.165, 1.54) is 0 Å². The average molecular weight is 256 g/mol. The third-order valence-corrected chi connectivity index (χ3v) is 3.47. The van der Waals surface area contributed by atoms with Gasteiger partial charge in [-0.25, -0.2) is 0 Å². The predicted molar refractivity (Wildman–Crippen MR) is 69.0 cm³/mol. The van der Waals surface area contributed by atoms with Gasteiger partial charge in [0.05, 0.1) is 0 Å². The SMILES string of the molecule is CC(C)(C)CNC(=O)C1CCC(N)(C(=O)O)CC1. The van der Waals surface area contributed by atoms with Gasteiger partial charge in [-0.05, 0) is 31.1 Å². The highest BCUT2D eigenvalue weighted by molar-refractivity contribution is 5.81. The molecule has 1 amide bonds. The minimum atomic E-state index is -1.14. The van der Waals surface area contributed by atoms with Crippen molar-refractivity contribution >= 4 is 11.9 Å². The zero-order chi connectivity index (χ0) is 14.0. The molecule has 0 aromatic carbocycles. The largest absolute Gasteiger partial charge is 0.480 e. The van der Waals surface area contributed by atoms with E-state index in [9.17, 15) is 9.59 Å². The first-order valence-corrected chi connectivity index (χ1v) is 6.44. The van der Waals surface area contributed by atoms with Gasteiger partial charge in [0, 0.05) is 12.5 Å². The molecule has 0 atom stereocenters. The van der Waals surface area contributed by atoms with Crippen molar-refractivity contribution in [1.82, 2.24) is 5.32 Å². The molecule has 0 aromatic heterocycles. The topological polar surface area (TPSA) is 92.4 Å². The lowest BCUT2D eigenvalue weighted by molar-refractivity contribution is -0.146. The van der Waals surface area contributed by atoms with E-state index in [2.05, 4.69) is 26.1 Å². The number of carboxylic acids is 1. The summed E-state index contributed by atoms with van der Waals surface area (Å²) in [6.45, 7) is 6.81. The number of aliphatic carboxylic acids is 1. The molecule has 5 heteroatoms. The standard InChI is InChI=1S/C13H24N2O3/c1-12(2,3)8-15-10(16)9-4-6-13(14,7-5-9)11(17)18/h9H,4-8,14H2,1-3H3,(H,15,16)(H,17,18). The van der Waals surface area contributed by atoms with Crippen LogP contribution in [0.15, 0.2) is 0 Å². The van der Waals surface area contributed by atoms with Gasteiger partial charge in [-0.3, -0.25) is 9.59 Å². The van der Waals surface area contributed by atoms with Crippen LogP contribution in [0.3, 0.4) is 0 Å². The highest BCUT2D eigenvalue weighted by atomic mass is 16.4. The summed E-state index contributed by atoms with van der Waals surface area (Å²) in [6, 6.07) is 0. The van der Waals surface area contributed by atoms with Crippen molar-refractivity contribution < 1.29 is 14.7 Å². The van der Waals surface area contributed by atoms with Crippen molar-refractivity contribution in [1.29, 1.82) is 0 Å². The van der Waals surface area contributed by atoms with Crippen LogP contribution in [0.1, 0.15) is 46.5 Å². The Balaban J connectivity index is 2.43. The second kappa shape index (κ2) is 5.26. The predicted octanol–water partition coefficient (Wildman–Crippen LogP) is 1.12. The maximum Gasteiger partial charge on any atom is 0.323 e. The molecule has 1 aliphatic carbocycles. The van der Waals surface area contributed by atoms with Crippen molar-refractivity contribution in [2.24, 2.45) is 17.1 Å². The van der Waals surface area contributed by atoms with Crippen molar-refractivity contribution in [3.63, 3.8) is 0 Å². The third kappa shape index (κ3) is 3.98. The molecule has 1 saturated carbocycles. The third-order valence-electron chi connectivity index (χ3n) is 3.47. The monoisotopic (exact) mass is 256 g/mol. The van der Waals surface area contributed by atoms with Gasteiger partial charge >= 0.3 is 5.97 Å². The van der Waals surface area contributed by atoms with Gasteiger partial charge in [-0.15, -0.1) is 0 Å². The van der Waals surface area contributed by atoms with Crippen molar-refractivity contribution in [3.05, 3.63) is 0 Å². The summed E-state index contributed by atoms with van der Waals surface area (Å²) >= 11 is 0. The molecular formula is C13H24N2O3. The highest BCUT2D eigenvalue weighted by Gasteiger charge is 2.40. The minimum absolute atomic E-state index is 0.0253. The number of carbonyl (C=O) groups excluding carboxylic acids is 1. The summed E-state index contributed by atoms with van der Waals surface area (Å²) in [5, 5.41) is 11.9. The molecule has 1 rings (SSSR count). The molecule has 1 fully saturated rings. The molecule has 5 nitrogen and oxygen atoms in total. The lowest BCUT2D eigenvalue weighted by Crippen LogP contribution is -2.52. The van der Waals surface area contributed by atoms with Gasteiger partial charge in [0.15, 0.2) is 0 Å². The number of rotatable bonds is 3. The molecular weight excluding hydrogens is 232 g/mol. The zero-order valence-electron chi connectivity index (χ0n) is 11.5. The van der Waals surface area contributed by atoms with Crippen molar-refractivity contribution in [2.75, 3.05) is 6.54 Å². The fourth-order valence-electron chi connectivity index (χ4n) is 2.11. The van der Waals surface area contributed by atoms with Crippen LogP contribution in [0.5, 0.6) is 0 Å². The van der Waals surface area contributed by atoms with Gasteiger partial charge in [-0.2, -0.15) is 0 Å². The Morgan fingerprint density at radius 1 is 1.33 bits per heavy atom. The number of nitrogens with two attached hydrogens (primary N) is 1.